The second-order valence-electron chi connectivity index (χ2n) is 5.03. The molecule has 2 aromatic rings. The van der Waals surface area contributed by atoms with Crippen molar-refractivity contribution in [3.05, 3.63) is 53.3 Å². The van der Waals surface area contributed by atoms with Gasteiger partial charge in [-0.3, -0.25) is 14.9 Å². The summed E-state index contributed by atoms with van der Waals surface area (Å²) < 4.78 is 1.81. The molecular formula is C16H21N3O. The van der Waals surface area contributed by atoms with Gasteiger partial charge in [-0.1, -0.05) is 17.7 Å². The Morgan fingerprint density at radius 1 is 1.00 bits per heavy atom. The number of carbonyl (C=O) groups is 1. The van der Waals surface area contributed by atoms with Crippen molar-refractivity contribution in [2.24, 2.45) is 0 Å². The summed E-state index contributed by atoms with van der Waals surface area (Å²) in [5.74, 6) is 0.00649. The number of aromatic nitrogens is 1. The van der Waals surface area contributed by atoms with Gasteiger partial charge in [0.2, 0.25) is 5.91 Å². The van der Waals surface area contributed by atoms with E-state index in [0.29, 0.717) is 13.0 Å². The lowest BCUT2D eigenvalue weighted by Crippen LogP contribution is -2.26. The minimum absolute atomic E-state index is 0.00649. The summed E-state index contributed by atoms with van der Waals surface area (Å²) in [6.07, 6.45) is 0.435. The van der Waals surface area contributed by atoms with Gasteiger partial charge in [-0.15, -0.1) is 0 Å². The third-order valence-electron chi connectivity index (χ3n) is 3.24. The van der Waals surface area contributed by atoms with Crippen LogP contribution in [0.5, 0.6) is 0 Å². The lowest BCUT2D eigenvalue weighted by Gasteiger charge is -2.12. The lowest BCUT2D eigenvalue weighted by molar-refractivity contribution is -0.116. The fraction of sp³-hybridized carbons (Fsp3) is 0.312. The van der Waals surface area contributed by atoms with Gasteiger partial charge in [-0.05, 0) is 45.0 Å². The van der Waals surface area contributed by atoms with E-state index in [0.717, 1.165) is 17.1 Å². The molecule has 1 aromatic carbocycles. The molecule has 20 heavy (non-hydrogen) atoms. The van der Waals surface area contributed by atoms with Crippen LogP contribution in [0.15, 0.2) is 36.4 Å². The number of benzene rings is 1. The van der Waals surface area contributed by atoms with Crippen molar-refractivity contribution in [2.45, 2.75) is 27.2 Å². The van der Waals surface area contributed by atoms with Gasteiger partial charge in [0.05, 0.1) is 0 Å². The van der Waals surface area contributed by atoms with Crippen LogP contribution in [0.3, 0.4) is 0 Å². The Morgan fingerprint density at radius 3 is 2.20 bits per heavy atom. The zero-order chi connectivity index (χ0) is 14.5. The quantitative estimate of drug-likeness (QED) is 0.878. The van der Waals surface area contributed by atoms with Crippen molar-refractivity contribution in [1.82, 2.24) is 4.68 Å². The SMILES string of the molecule is Cc1ccc(NCCC(=O)Nn2c(C)ccc2C)cc1. The highest BCUT2D eigenvalue weighted by Gasteiger charge is 2.05. The van der Waals surface area contributed by atoms with E-state index in [1.165, 1.54) is 5.56 Å². The molecule has 0 spiro atoms. The lowest BCUT2D eigenvalue weighted by atomic mass is 10.2. The van der Waals surface area contributed by atoms with E-state index in [4.69, 9.17) is 0 Å². The van der Waals surface area contributed by atoms with E-state index in [1.54, 1.807) is 0 Å². The average Bonchev–Trinajstić information content (AvgIpc) is 2.73. The van der Waals surface area contributed by atoms with E-state index in [9.17, 15) is 4.79 Å². The maximum absolute atomic E-state index is 11.9. The van der Waals surface area contributed by atoms with Gasteiger partial charge in [0.25, 0.3) is 0 Å². The number of carbonyl (C=O) groups excluding carboxylic acids is 1. The molecule has 0 aliphatic carbocycles. The van der Waals surface area contributed by atoms with Gasteiger partial charge in [0, 0.05) is 30.0 Å². The first kappa shape index (κ1) is 14.2. The van der Waals surface area contributed by atoms with Crippen LogP contribution in [0, 0.1) is 20.8 Å². The van der Waals surface area contributed by atoms with Crippen molar-refractivity contribution in [1.29, 1.82) is 0 Å². The maximum atomic E-state index is 11.9. The molecule has 0 radical (unpaired) electrons. The van der Waals surface area contributed by atoms with Crippen molar-refractivity contribution >= 4 is 11.6 Å². The first-order chi connectivity index (χ1) is 9.56. The molecule has 2 N–H and O–H groups in total. The number of rotatable bonds is 5. The molecule has 106 valence electrons. The number of anilines is 1. The summed E-state index contributed by atoms with van der Waals surface area (Å²) in [6, 6.07) is 12.1. The maximum Gasteiger partial charge on any atom is 0.240 e. The molecule has 1 aromatic heterocycles. The van der Waals surface area contributed by atoms with Crippen LogP contribution in [0.25, 0.3) is 0 Å². The molecule has 0 atom stereocenters. The van der Waals surface area contributed by atoms with Crippen LogP contribution in [-0.2, 0) is 4.79 Å². The minimum atomic E-state index is 0.00649. The molecule has 0 aliphatic heterocycles. The summed E-state index contributed by atoms with van der Waals surface area (Å²) in [5.41, 5.74) is 7.22. The third kappa shape index (κ3) is 3.63. The number of nitrogens with one attached hydrogen (secondary N) is 2. The molecule has 1 amide bonds. The summed E-state index contributed by atoms with van der Waals surface area (Å²) in [6.45, 7) is 6.61. The van der Waals surface area contributed by atoms with E-state index in [2.05, 4.69) is 29.8 Å². The fourth-order valence-corrected chi connectivity index (χ4v) is 2.02. The molecule has 4 heteroatoms. The van der Waals surface area contributed by atoms with Crippen LogP contribution < -0.4 is 10.7 Å². The van der Waals surface area contributed by atoms with Crippen LogP contribution in [0.1, 0.15) is 23.4 Å². The molecular weight excluding hydrogens is 250 g/mol. The zero-order valence-electron chi connectivity index (χ0n) is 12.2. The smallest absolute Gasteiger partial charge is 0.240 e. The second-order valence-corrected chi connectivity index (χ2v) is 5.03. The van der Waals surface area contributed by atoms with Crippen molar-refractivity contribution in [2.75, 3.05) is 17.3 Å². The van der Waals surface area contributed by atoms with E-state index in [-0.39, 0.29) is 5.91 Å². The van der Waals surface area contributed by atoms with Gasteiger partial charge in [0.15, 0.2) is 0 Å². The topological polar surface area (TPSA) is 46.1 Å². The van der Waals surface area contributed by atoms with E-state index >= 15 is 0 Å². The van der Waals surface area contributed by atoms with Crippen molar-refractivity contribution in [3.8, 4) is 0 Å². The Kier molecular flexibility index (Phi) is 4.45. The Hall–Kier alpha value is -2.23. The molecule has 2 rings (SSSR count). The zero-order valence-corrected chi connectivity index (χ0v) is 12.2. The van der Waals surface area contributed by atoms with Gasteiger partial charge >= 0.3 is 0 Å². The van der Waals surface area contributed by atoms with Gasteiger partial charge < -0.3 is 5.32 Å². The highest BCUT2D eigenvalue weighted by atomic mass is 16.2. The molecule has 4 nitrogen and oxygen atoms in total. The van der Waals surface area contributed by atoms with Gasteiger partial charge in [0.1, 0.15) is 0 Å². The van der Waals surface area contributed by atoms with Crippen molar-refractivity contribution < 1.29 is 4.79 Å². The third-order valence-corrected chi connectivity index (χ3v) is 3.24. The number of aryl methyl sites for hydroxylation is 3. The predicted octanol–water partition coefficient (Wildman–Crippen LogP) is 2.99. The Morgan fingerprint density at radius 2 is 1.60 bits per heavy atom. The Labute approximate surface area is 119 Å². The standard InChI is InChI=1S/C16H21N3O/c1-12-4-8-15(9-5-12)17-11-10-16(20)18-19-13(2)6-7-14(19)3/h4-9,17H,10-11H2,1-3H3,(H,18,20). The monoisotopic (exact) mass is 271 g/mol. The minimum Gasteiger partial charge on any atom is -0.385 e. The van der Waals surface area contributed by atoms with E-state index < -0.39 is 0 Å². The van der Waals surface area contributed by atoms with Crippen LogP contribution in [-0.4, -0.2) is 17.1 Å². The summed E-state index contributed by atoms with van der Waals surface area (Å²) in [5, 5.41) is 3.24. The molecule has 0 saturated heterocycles. The molecule has 0 fully saturated rings. The van der Waals surface area contributed by atoms with Crippen molar-refractivity contribution in [3.63, 3.8) is 0 Å². The summed E-state index contributed by atoms with van der Waals surface area (Å²) in [4.78, 5) is 11.9. The number of nitrogens with zero attached hydrogens (tertiary/aromatic N) is 1. The number of hydrogen-bond donors (Lipinski definition) is 2. The Bertz CT molecular complexity index is 565. The molecule has 1 heterocycles. The first-order valence-corrected chi connectivity index (χ1v) is 6.81. The average molecular weight is 271 g/mol. The summed E-state index contributed by atoms with van der Waals surface area (Å²) in [7, 11) is 0. The van der Waals surface area contributed by atoms with Crippen LogP contribution in [0.2, 0.25) is 0 Å². The summed E-state index contributed by atoms with van der Waals surface area (Å²) >= 11 is 0. The Balaban J connectivity index is 1.80. The first-order valence-electron chi connectivity index (χ1n) is 6.81. The fourth-order valence-electron chi connectivity index (χ4n) is 2.02. The highest BCUT2D eigenvalue weighted by molar-refractivity contribution is 5.84. The number of amides is 1. The molecule has 0 saturated carbocycles. The second kappa shape index (κ2) is 6.28. The van der Waals surface area contributed by atoms with Crippen LogP contribution in [0.4, 0.5) is 5.69 Å². The van der Waals surface area contributed by atoms with Gasteiger partial charge in [-0.25, -0.2) is 0 Å². The van der Waals surface area contributed by atoms with Crippen LogP contribution >= 0.6 is 0 Å². The largest absolute Gasteiger partial charge is 0.385 e. The number of hydrogen-bond acceptors (Lipinski definition) is 2. The highest BCUT2D eigenvalue weighted by Crippen LogP contribution is 2.08. The molecule has 0 aliphatic rings. The molecule has 0 bridgehead atoms. The normalized spacial score (nSPS) is 10.3. The van der Waals surface area contributed by atoms with E-state index in [1.807, 2.05) is 42.8 Å². The predicted molar refractivity (Wildman–Crippen MR) is 82.6 cm³/mol. The van der Waals surface area contributed by atoms with Gasteiger partial charge in [-0.2, -0.15) is 0 Å². The molecule has 0 unspecified atom stereocenters.